The first-order chi connectivity index (χ1) is 9.95. The largest absolute Gasteiger partial charge is 0.341 e. The predicted octanol–water partition coefficient (Wildman–Crippen LogP) is 3.93. The number of hydrogen-bond acceptors (Lipinski definition) is 1. The van der Waals surface area contributed by atoms with Gasteiger partial charge in [-0.1, -0.05) is 34.1 Å². The van der Waals surface area contributed by atoms with Crippen LogP contribution in [0, 0.1) is 11.6 Å². The number of benzene rings is 2. The molecule has 5 heteroatoms. The van der Waals surface area contributed by atoms with Crippen LogP contribution in [0.1, 0.15) is 11.1 Å². The molecule has 0 atom stereocenters. The highest BCUT2D eigenvalue weighted by atomic mass is 79.9. The Bertz CT molecular complexity index is 643. The summed E-state index contributed by atoms with van der Waals surface area (Å²) in [4.78, 5) is 13.6. The van der Waals surface area contributed by atoms with Crippen LogP contribution in [0.2, 0.25) is 0 Å². The number of carbonyl (C=O) groups excluding carboxylic acids is 1. The molecule has 0 heterocycles. The number of halogens is 3. The van der Waals surface area contributed by atoms with Crippen LogP contribution in [0.15, 0.2) is 46.9 Å². The SMILES string of the molecule is CN(Cc1ccc(Br)cc1)C(=O)Cc1ccc(F)cc1F. The fourth-order valence-electron chi connectivity index (χ4n) is 1.91. The van der Waals surface area contributed by atoms with Crippen LogP contribution in [-0.4, -0.2) is 17.9 Å². The van der Waals surface area contributed by atoms with Gasteiger partial charge in [-0.15, -0.1) is 0 Å². The smallest absolute Gasteiger partial charge is 0.227 e. The lowest BCUT2D eigenvalue weighted by Gasteiger charge is -2.17. The van der Waals surface area contributed by atoms with Crippen molar-refractivity contribution in [1.29, 1.82) is 0 Å². The molecule has 0 saturated heterocycles. The molecule has 0 aliphatic heterocycles. The fraction of sp³-hybridized carbons (Fsp3) is 0.188. The molecule has 2 aromatic carbocycles. The molecule has 0 aliphatic carbocycles. The van der Waals surface area contributed by atoms with Crippen LogP contribution in [0.3, 0.4) is 0 Å². The Balaban J connectivity index is 2.00. The van der Waals surface area contributed by atoms with E-state index in [1.54, 1.807) is 7.05 Å². The third-order valence-electron chi connectivity index (χ3n) is 3.12. The monoisotopic (exact) mass is 353 g/mol. The van der Waals surface area contributed by atoms with Crippen molar-refractivity contribution < 1.29 is 13.6 Å². The van der Waals surface area contributed by atoms with Gasteiger partial charge in [-0.25, -0.2) is 8.78 Å². The normalized spacial score (nSPS) is 10.5. The van der Waals surface area contributed by atoms with Gasteiger partial charge >= 0.3 is 0 Å². The van der Waals surface area contributed by atoms with Gasteiger partial charge in [0, 0.05) is 24.1 Å². The van der Waals surface area contributed by atoms with E-state index in [4.69, 9.17) is 0 Å². The van der Waals surface area contributed by atoms with Gasteiger partial charge in [0.25, 0.3) is 0 Å². The number of carbonyl (C=O) groups is 1. The predicted molar refractivity (Wildman–Crippen MR) is 80.7 cm³/mol. The molecule has 2 nitrogen and oxygen atoms in total. The second kappa shape index (κ2) is 6.80. The van der Waals surface area contributed by atoms with Crippen LogP contribution in [0.25, 0.3) is 0 Å². The summed E-state index contributed by atoms with van der Waals surface area (Å²) in [6.07, 6.45) is -0.0842. The maximum Gasteiger partial charge on any atom is 0.227 e. The van der Waals surface area contributed by atoms with Crippen molar-refractivity contribution in [3.63, 3.8) is 0 Å². The van der Waals surface area contributed by atoms with Gasteiger partial charge in [0.05, 0.1) is 6.42 Å². The Labute approximate surface area is 130 Å². The zero-order chi connectivity index (χ0) is 15.4. The number of likely N-dealkylation sites (N-methyl/N-ethyl adjacent to an activating group) is 1. The number of hydrogen-bond donors (Lipinski definition) is 0. The zero-order valence-corrected chi connectivity index (χ0v) is 13.0. The van der Waals surface area contributed by atoms with E-state index < -0.39 is 11.6 Å². The molecule has 0 bridgehead atoms. The fourth-order valence-corrected chi connectivity index (χ4v) is 2.18. The van der Waals surface area contributed by atoms with Gasteiger partial charge in [0.1, 0.15) is 11.6 Å². The van der Waals surface area contributed by atoms with E-state index in [-0.39, 0.29) is 17.9 Å². The molecule has 2 aromatic rings. The molecular formula is C16H14BrF2NO. The minimum atomic E-state index is -0.694. The molecule has 1 amide bonds. The van der Waals surface area contributed by atoms with Crippen LogP contribution >= 0.6 is 15.9 Å². The quantitative estimate of drug-likeness (QED) is 0.815. The Hall–Kier alpha value is -1.75. The summed E-state index contributed by atoms with van der Waals surface area (Å²) in [7, 11) is 1.66. The van der Waals surface area contributed by atoms with Gasteiger partial charge in [-0.3, -0.25) is 4.79 Å². The van der Waals surface area contributed by atoms with Crippen molar-refractivity contribution in [2.45, 2.75) is 13.0 Å². The molecule has 110 valence electrons. The maximum atomic E-state index is 13.5. The van der Waals surface area contributed by atoms with E-state index in [0.29, 0.717) is 6.54 Å². The molecule has 0 aromatic heterocycles. The average Bonchev–Trinajstić information content (AvgIpc) is 2.44. The minimum absolute atomic E-state index is 0.0842. The lowest BCUT2D eigenvalue weighted by molar-refractivity contribution is -0.129. The molecule has 0 spiro atoms. The molecule has 0 aliphatic rings. The van der Waals surface area contributed by atoms with Crippen LogP contribution < -0.4 is 0 Å². The molecule has 0 unspecified atom stereocenters. The summed E-state index contributed by atoms with van der Waals surface area (Å²) in [6.45, 7) is 0.439. The van der Waals surface area contributed by atoms with Crippen LogP contribution in [0.5, 0.6) is 0 Å². The Kier molecular flexibility index (Phi) is 5.07. The first-order valence-electron chi connectivity index (χ1n) is 6.38. The van der Waals surface area contributed by atoms with E-state index >= 15 is 0 Å². The van der Waals surface area contributed by atoms with E-state index in [2.05, 4.69) is 15.9 Å². The molecule has 0 N–H and O–H groups in total. The second-order valence-corrected chi connectivity index (χ2v) is 5.70. The van der Waals surface area contributed by atoms with E-state index in [9.17, 15) is 13.6 Å². The summed E-state index contributed by atoms with van der Waals surface area (Å²) < 4.78 is 27.3. The van der Waals surface area contributed by atoms with Crippen molar-refractivity contribution in [2.24, 2.45) is 0 Å². The lowest BCUT2D eigenvalue weighted by Crippen LogP contribution is -2.28. The summed E-state index contributed by atoms with van der Waals surface area (Å²) in [5, 5.41) is 0. The van der Waals surface area contributed by atoms with Gasteiger partial charge in [-0.05, 0) is 29.3 Å². The number of rotatable bonds is 4. The zero-order valence-electron chi connectivity index (χ0n) is 11.4. The van der Waals surface area contributed by atoms with E-state index in [1.807, 2.05) is 24.3 Å². The molecule has 21 heavy (non-hydrogen) atoms. The topological polar surface area (TPSA) is 20.3 Å². The Morgan fingerprint density at radius 3 is 2.43 bits per heavy atom. The molecule has 0 saturated carbocycles. The van der Waals surface area contributed by atoms with Gasteiger partial charge < -0.3 is 4.90 Å². The number of nitrogens with zero attached hydrogens (tertiary/aromatic N) is 1. The van der Waals surface area contributed by atoms with Crippen molar-refractivity contribution in [3.8, 4) is 0 Å². The third kappa shape index (κ3) is 4.36. The Morgan fingerprint density at radius 1 is 1.14 bits per heavy atom. The van der Waals surface area contributed by atoms with Gasteiger partial charge in [0.15, 0.2) is 0 Å². The second-order valence-electron chi connectivity index (χ2n) is 4.79. The van der Waals surface area contributed by atoms with Crippen molar-refractivity contribution in [2.75, 3.05) is 7.05 Å². The first-order valence-corrected chi connectivity index (χ1v) is 7.17. The third-order valence-corrected chi connectivity index (χ3v) is 3.64. The molecule has 0 fully saturated rings. The van der Waals surface area contributed by atoms with Gasteiger partial charge in [0.2, 0.25) is 5.91 Å². The highest BCUT2D eigenvalue weighted by molar-refractivity contribution is 9.10. The standard InChI is InChI=1S/C16H14BrF2NO/c1-20(10-11-2-5-13(17)6-3-11)16(21)8-12-4-7-14(18)9-15(12)19/h2-7,9H,8,10H2,1H3. The highest BCUT2D eigenvalue weighted by Crippen LogP contribution is 2.14. The van der Waals surface area contributed by atoms with Gasteiger partial charge in [-0.2, -0.15) is 0 Å². The van der Waals surface area contributed by atoms with Crippen molar-refractivity contribution in [3.05, 3.63) is 69.7 Å². The minimum Gasteiger partial charge on any atom is -0.341 e. The average molecular weight is 354 g/mol. The number of amides is 1. The summed E-state index contributed by atoms with van der Waals surface area (Å²) in [5.74, 6) is -1.56. The molecule has 2 rings (SSSR count). The van der Waals surface area contributed by atoms with Crippen molar-refractivity contribution in [1.82, 2.24) is 4.90 Å². The van der Waals surface area contributed by atoms with E-state index in [0.717, 1.165) is 22.2 Å². The maximum absolute atomic E-state index is 13.5. The Morgan fingerprint density at radius 2 is 1.81 bits per heavy atom. The van der Waals surface area contributed by atoms with Crippen LogP contribution in [-0.2, 0) is 17.8 Å². The summed E-state index contributed by atoms with van der Waals surface area (Å²) >= 11 is 3.35. The van der Waals surface area contributed by atoms with Crippen LogP contribution in [0.4, 0.5) is 8.78 Å². The summed E-state index contributed by atoms with van der Waals surface area (Å²) in [5.41, 5.74) is 1.18. The molecule has 0 radical (unpaired) electrons. The first kappa shape index (κ1) is 15.6. The summed E-state index contributed by atoms with van der Waals surface area (Å²) in [6, 6.07) is 10.9. The van der Waals surface area contributed by atoms with Crippen molar-refractivity contribution >= 4 is 21.8 Å². The van der Waals surface area contributed by atoms with E-state index in [1.165, 1.54) is 11.0 Å². The lowest BCUT2D eigenvalue weighted by atomic mass is 10.1. The highest BCUT2D eigenvalue weighted by Gasteiger charge is 2.13. The molecular weight excluding hydrogens is 340 g/mol.